The summed E-state index contributed by atoms with van der Waals surface area (Å²) in [5, 5.41) is 1.53. The topological polar surface area (TPSA) is 19.6 Å². The molecule has 1 aliphatic heterocycles. The molecule has 0 bridgehead atoms. The number of hydrogen-bond acceptors (Lipinski definition) is 3. The molecule has 1 aromatic heterocycles. The van der Waals surface area contributed by atoms with Crippen LogP contribution in [-0.2, 0) is 13.1 Å². The number of furan rings is 1. The molecule has 2 heterocycles. The van der Waals surface area contributed by atoms with Gasteiger partial charge < -0.3 is 4.42 Å². The Morgan fingerprint density at radius 3 is 1.69 bits per heavy atom. The van der Waals surface area contributed by atoms with E-state index in [1.807, 2.05) is 30.3 Å². The fourth-order valence-corrected chi connectivity index (χ4v) is 3.76. The van der Waals surface area contributed by atoms with E-state index < -0.39 is 0 Å². The molecule has 0 aliphatic carbocycles. The van der Waals surface area contributed by atoms with Crippen LogP contribution in [0.4, 0.5) is 0 Å². The molecule has 1 saturated heterocycles. The van der Waals surface area contributed by atoms with Gasteiger partial charge in [-0.1, -0.05) is 47.5 Å². The highest BCUT2D eigenvalue weighted by Crippen LogP contribution is 2.33. The smallest absolute Gasteiger partial charge is 0.135 e. The summed E-state index contributed by atoms with van der Waals surface area (Å²) < 4.78 is 5.77. The molecule has 26 heavy (non-hydrogen) atoms. The molecule has 0 spiro atoms. The minimum Gasteiger partial charge on any atom is -0.466 e. The summed E-state index contributed by atoms with van der Waals surface area (Å²) >= 11 is 12.0. The van der Waals surface area contributed by atoms with Crippen LogP contribution >= 0.6 is 23.2 Å². The summed E-state index contributed by atoms with van der Waals surface area (Å²) in [5.41, 5.74) is 2.50. The number of rotatable bonds is 5. The molecule has 2 aromatic carbocycles. The van der Waals surface area contributed by atoms with Crippen molar-refractivity contribution in [2.24, 2.45) is 0 Å². The molecule has 3 nitrogen and oxygen atoms in total. The van der Waals surface area contributed by atoms with Gasteiger partial charge in [-0.05, 0) is 47.5 Å². The van der Waals surface area contributed by atoms with Crippen molar-refractivity contribution in [1.82, 2.24) is 9.80 Å². The van der Waals surface area contributed by atoms with Crippen molar-refractivity contribution in [3.63, 3.8) is 0 Å². The van der Waals surface area contributed by atoms with Crippen molar-refractivity contribution in [3.8, 4) is 0 Å². The predicted molar refractivity (Wildman–Crippen MR) is 105 cm³/mol. The normalized spacial score (nSPS) is 16.4. The molecule has 0 unspecified atom stereocenters. The van der Waals surface area contributed by atoms with Crippen molar-refractivity contribution in [2.45, 2.75) is 19.3 Å². The van der Waals surface area contributed by atoms with Gasteiger partial charge in [-0.3, -0.25) is 9.80 Å². The molecule has 3 aromatic rings. The van der Waals surface area contributed by atoms with E-state index >= 15 is 0 Å². The van der Waals surface area contributed by atoms with Crippen molar-refractivity contribution in [1.29, 1.82) is 0 Å². The molecule has 1 aliphatic rings. The van der Waals surface area contributed by atoms with E-state index in [0.717, 1.165) is 42.0 Å². The van der Waals surface area contributed by atoms with Gasteiger partial charge in [-0.15, -0.1) is 0 Å². The second-order valence-corrected chi connectivity index (χ2v) is 7.46. The maximum atomic E-state index is 6.02. The van der Waals surface area contributed by atoms with Gasteiger partial charge in [0.1, 0.15) is 11.9 Å². The molecule has 0 saturated carbocycles. The van der Waals surface area contributed by atoms with Crippen LogP contribution in [0.25, 0.3) is 0 Å². The first-order valence-corrected chi connectivity index (χ1v) is 9.45. The van der Waals surface area contributed by atoms with E-state index in [9.17, 15) is 0 Å². The third-order valence-electron chi connectivity index (χ3n) is 4.76. The summed E-state index contributed by atoms with van der Waals surface area (Å²) in [6.07, 6.45) is 1.87. The Labute approximate surface area is 163 Å². The molecule has 1 fully saturated rings. The summed E-state index contributed by atoms with van der Waals surface area (Å²) in [6.45, 7) is 3.70. The molecule has 4 rings (SSSR count). The Morgan fingerprint density at radius 2 is 1.27 bits per heavy atom. The second kappa shape index (κ2) is 7.85. The number of benzene rings is 2. The van der Waals surface area contributed by atoms with Crippen LogP contribution in [-0.4, -0.2) is 22.9 Å². The zero-order valence-corrected chi connectivity index (χ0v) is 15.8. The molecular formula is C21H20Cl2N2O. The van der Waals surface area contributed by atoms with E-state index in [1.54, 1.807) is 6.26 Å². The summed E-state index contributed by atoms with van der Waals surface area (Å²) in [6, 6.07) is 20.1. The molecular weight excluding hydrogens is 367 g/mol. The van der Waals surface area contributed by atoms with Crippen LogP contribution in [0.2, 0.25) is 10.0 Å². The Kier molecular flexibility index (Phi) is 5.32. The third-order valence-corrected chi connectivity index (χ3v) is 5.27. The minimum atomic E-state index is 0.122. The van der Waals surface area contributed by atoms with Crippen molar-refractivity contribution in [3.05, 3.63) is 93.9 Å². The fraction of sp³-hybridized carbons (Fsp3) is 0.238. The van der Waals surface area contributed by atoms with Crippen molar-refractivity contribution >= 4 is 23.2 Å². The average molecular weight is 387 g/mol. The lowest BCUT2D eigenvalue weighted by Crippen LogP contribution is -2.30. The summed E-state index contributed by atoms with van der Waals surface area (Å²) in [4.78, 5) is 4.88. The van der Waals surface area contributed by atoms with E-state index in [2.05, 4.69) is 40.1 Å². The highest BCUT2D eigenvalue weighted by molar-refractivity contribution is 6.30. The third kappa shape index (κ3) is 3.97. The number of nitrogens with zero attached hydrogens (tertiary/aromatic N) is 2. The lowest BCUT2D eigenvalue weighted by molar-refractivity contribution is 0.103. The molecule has 0 atom stereocenters. The van der Waals surface area contributed by atoms with Crippen molar-refractivity contribution < 1.29 is 4.42 Å². The molecule has 0 N–H and O–H groups in total. The Bertz CT molecular complexity index is 776. The number of hydrogen-bond donors (Lipinski definition) is 0. The highest BCUT2D eigenvalue weighted by Gasteiger charge is 2.34. The zero-order valence-electron chi connectivity index (χ0n) is 14.3. The van der Waals surface area contributed by atoms with E-state index in [4.69, 9.17) is 27.6 Å². The van der Waals surface area contributed by atoms with Gasteiger partial charge in [0.2, 0.25) is 0 Å². The Hall–Kier alpha value is -1.78. The van der Waals surface area contributed by atoms with E-state index in [-0.39, 0.29) is 6.17 Å². The van der Waals surface area contributed by atoms with Gasteiger partial charge in [0.15, 0.2) is 0 Å². The largest absolute Gasteiger partial charge is 0.466 e. The SMILES string of the molecule is Clc1ccc(CN2CCN(Cc3ccc(Cl)cc3)C2c2ccco2)cc1. The van der Waals surface area contributed by atoms with Crippen LogP contribution in [0.3, 0.4) is 0 Å². The van der Waals surface area contributed by atoms with E-state index in [1.165, 1.54) is 11.1 Å². The second-order valence-electron chi connectivity index (χ2n) is 6.58. The zero-order chi connectivity index (χ0) is 17.9. The molecule has 5 heteroatoms. The average Bonchev–Trinajstić information content (AvgIpc) is 3.29. The maximum Gasteiger partial charge on any atom is 0.135 e. The first-order chi connectivity index (χ1) is 12.7. The van der Waals surface area contributed by atoms with Crippen LogP contribution in [0.5, 0.6) is 0 Å². The van der Waals surface area contributed by atoms with E-state index in [0.29, 0.717) is 0 Å². The Balaban J connectivity index is 1.55. The summed E-state index contributed by atoms with van der Waals surface area (Å²) in [7, 11) is 0. The van der Waals surface area contributed by atoms with Crippen LogP contribution in [0.1, 0.15) is 23.1 Å². The standard InChI is InChI=1S/C21H20Cl2N2O/c22-18-7-3-16(4-8-18)14-24-11-12-25(21(24)20-2-1-13-26-20)15-17-5-9-19(23)10-6-17/h1-10,13,21H,11-12,14-15H2. The maximum absolute atomic E-state index is 6.02. The van der Waals surface area contributed by atoms with Crippen molar-refractivity contribution in [2.75, 3.05) is 13.1 Å². The van der Waals surface area contributed by atoms with Crippen LogP contribution in [0, 0.1) is 0 Å². The minimum absolute atomic E-state index is 0.122. The van der Waals surface area contributed by atoms with Gasteiger partial charge in [0.25, 0.3) is 0 Å². The first kappa shape index (κ1) is 17.6. The van der Waals surface area contributed by atoms with Gasteiger partial charge in [-0.2, -0.15) is 0 Å². The predicted octanol–water partition coefficient (Wildman–Crippen LogP) is 5.60. The monoisotopic (exact) mass is 386 g/mol. The van der Waals surface area contributed by atoms with Gasteiger partial charge in [0, 0.05) is 36.2 Å². The quantitative estimate of drug-likeness (QED) is 0.568. The van der Waals surface area contributed by atoms with Gasteiger partial charge >= 0.3 is 0 Å². The van der Waals surface area contributed by atoms with Crippen LogP contribution in [0.15, 0.2) is 71.3 Å². The first-order valence-electron chi connectivity index (χ1n) is 8.69. The highest BCUT2D eigenvalue weighted by atomic mass is 35.5. The molecule has 0 amide bonds. The molecule has 0 radical (unpaired) electrons. The Morgan fingerprint density at radius 1 is 0.769 bits per heavy atom. The van der Waals surface area contributed by atoms with Crippen LogP contribution < -0.4 is 0 Å². The van der Waals surface area contributed by atoms with Gasteiger partial charge in [-0.25, -0.2) is 0 Å². The lowest BCUT2D eigenvalue weighted by atomic mass is 10.2. The van der Waals surface area contributed by atoms with Gasteiger partial charge in [0.05, 0.1) is 6.26 Å². The fourth-order valence-electron chi connectivity index (χ4n) is 3.51. The summed E-state index contributed by atoms with van der Waals surface area (Å²) in [5.74, 6) is 0.977. The lowest BCUT2D eigenvalue weighted by Gasteiger charge is -2.29. The molecule has 134 valence electrons. The number of halogens is 2.